The van der Waals surface area contributed by atoms with E-state index in [0.29, 0.717) is 30.9 Å². The van der Waals surface area contributed by atoms with Gasteiger partial charge in [-0.15, -0.1) is 0 Å². The van der Waals surface area contributed by atoms with Gasteiger partial charge in [0.1, 0.15) is 23.6 Å². The third kappa shape index (κ3) is 4.68. The van der Waals surface area contributed by atoms with Gasteiger partial charge < -0.3 is 29.4 Å². The molecule has 0 fully saturated rings. The largest absolute Gasteiger partial charge is 0.497 e. The van der Waals surface area contributed by atoms with E-state index < -0.39 is 24.1 Å². The monoisotopic (exact) mass is 464 g/mol. The SMILES string of the molecule is COC(=O)[C@@H](Cc1ccccc1)NC(=O)N1CCc2[nH]cnc2[C@@H]1c1cc(OC)ccc1OC. The maximum atomic E-state index is 13.6. The fourth-order valence-corrected chi connectivity index (χ4v) is 4.28. The van der Waals surface area contributed by atoms with Crippen molar-refractivity contribution >= 4 is 12.0 Å². The predicted molar refractivity (Wildman–Crippen MR) is 125 cm³/mol. The van der Waals surface area contributed by atoms with Crippen molar-refractivity contribution in [3.05, 3.63) is 77.4 Å². The highest BCUT2D eigenvalue weighted by Crippen LogP contribution is 2.39. The summed E-state index contributed by atoms with van der Waals surface area (Å²) >= 11 is 0. The summed E-state index contributed by atoms with van der Waals surface area (Å²) < 4.78 is 16.0. The van der Waals surface area contributed by atoms with E-state index in [1.807, 2.05) is 36.4 Å². The summed E-state index contributed by atoms with van der Waals surface area (Å²) in [6, 6.07) is 13.2. The van der Waals surface area contributed by atoms with E-state index in [-0.39, 0.29) is 0 Å². The van der Waals surface area contributed by atoms with Crippen LogP contribution < -0.4 is 14.8 Å². The molecule has 9 heteroatoms. The molecule has 2 N–H and O–H groups in total. The Morgan fingerprint density at radius 2 is 1.94 bits per heavy atom. The zero-order valence-corrected chi connectivity index (χ0v) is 19.4. The fourth-order valence-electron chi connectivity index (χ4n) is 4.28. The molecule has 34 heavy (non-hydrogen) atoms. The number of methoxy groups -OCH3 is 3. The molecule has 0 bridgehead atoms. The van der Waals surface area contributed by atoms with Crippen LogP contribution in [0.15, 0.2) is 54.9 Å². The molecule has 9 nitrogen and oxygen atoms in total. The van der Waals surface area contributed by atoms with E-state index in [0.717, 1.165) is 22.5 Å². The van der Waals surface area contributed by atoms with Crippen molar-refractivity contribution in [3.63, 3.8) is 0 Å². The van der Waals surface area contributed by atoms with Crippen LogP contribution in [-0.4, -0.2) is 60.8 Å². The second-order valence-electron chi connectivity index (χ2n) is 7.94. The van der Waals surface area contributed by atoms with Gasteiger partial charge in [-0.3, -0.25) is 0 Å². The van der Waals surface area contributed by atoms with E-state index in [1.165, 1.54) is 7.11 Å². The lowest BCUT2D eigenvalue weighted by molar-refractivity contribution is -0.142. The van der Waals surface area contributed by atoms with Crippen molar-refractivity contribution in [2.45, 2.75) is 24.9 Å². The number of rotatable bonds is 7. The van der Waals surface area contributed by atoms with E-state index in [9.17, 15) is 9.59 Å². The summed E-state index contributed by atoms with van der Waals surface area (Å²) in [7, 11) is 4.48. The Bertz CT molecular complexity index is 1150. The van der Waals surface area contributed by atoms with Gasteiger partial charge in [-0.2, -0.15) is 0 Å². The molecule has 0 unspecified atom stereocenters. The summed E-state index contributed by atoms with van der Waals surface area (Å²) in [6.07, 6.45) is 2.54. The Morgan fingerprint density at radius 1 is 1.15 bits per heavy atom. The van der Waals surface area contributed by atoms with Crippen LogP contribution >= 0.6 is 0 Å². The smallest absolute Gasteiger partial charge is 0.328 e. The molecule has 0 radical (unpaired) electrons. The molecule has 4 rings (SSSR count). The first-order valence-electron chi connectivity index (χ1n) is 11.0. The zero-order chi connectivity index (χ0) is 24.1. The highest BCUT2D eigenvalue weighted by molar-refractivity contribution is 5.84. The van der Waals surface area contributed by atoms with Gasteiger partial charge in [-0.05, 0) is 23.8 Å². The number of ether oxygens (including phenoxy) is 3. The lowest BCUT2D eigenvalue weighted by atomic mass is 9.94. The average Bonchev–Trinajstić information content (AvgIpc) is 3.36. The van der Waals surface area contributed by atoms with E-state index in [4.69, 9.17) is 14.2 Å². The molecule has 2 atom stereocenters. The predicted octanol–water partition coefficient (Wildman–Crippen LogP) is 2.87. The Balaban J connectivity index is 1.67. The van der Waals surface area contributed by atoms with Crippen molar-refractivity contribution in [3.8, 4) is 11.5 Å². The van der Waals surface area contributed by atoms with E-state index >= 15 is 0 Å². The number of hydrogen-bond acceptors (Lipinski definition) is 6. The number of benzene rings is 2. The quantitative estimate of drug-likeness (QED) is 0.521. The van der Waals surface area contributed by atoms with Crippen LogP contribution in [0.25, 0.3) is 0 Å². The molecule has 1 aliphatic heterocycles. The van der Waals surface area contributed by atoms with Crippen LogP contribution in [0.3, 0.4) is 0 Å². The average molecular weight is 465 g/mol. The van der Waals surface area contributed by atoms with Crippen molar-refractivity contribution < 1.29 is 23.8 Å². The van der Waals surface area contributed by atoms with Gasteiger partial charge in [-0.25, -0.2) is 14.6 Å². The molecule has 1 aromatic heterocycles. The Hall–Kier alpha value is -4.01. The third-order valence-electron chi connectivity index (χ3n) is 5.98. The van der Waals surface area contributed by atoms with Crippen LogP contribution in [0.1, 0.15) is 28.6 Å². The number of imidazole rings is 1. The van der Waals surface area contributed by atoms with Crippen molar-refractivity contribution in [1.82, 2.24) is 20.2 Å². The van der Waals surface area contributed by atoms with Crippen LogP contribution in [0.2, 0.25) is 0 Å². The number of nitrogens with zero attached hydrogens (tertiary/aromatic N) is 2. The van der Waals surface area contributed by atoms with E-state index in [1.54, 1.807) is 37.6 Å². The van der Waals surface area contributed by atoms with Gasteiger partial charge in [0.2, 0.25) is 0 Å². The van der Waals surface area contributed by atoms with Crippen LogP contribution in [0.4, 0.5) is 4.79 Å². The number of nitrogens with one attached hydrogen (secondary N) is 2. The third-order valence-corrected chi connectivity index (χ3v) is 5.98. The Kier molecular flexibility index (Phi) is 7.01. The van der Waals surface area contributed by atoms with Gasteiger partial charge in [-0.1, -0.05) is 30.3 Å². The topological polar surface area (TPSA) is 106 Å². The first-order chi connectivity index (χ1) is 16.5. The number of carbonyl (C=O) groups excluding carboxylic acids is 2. The van der Waals surface area contributed by atoms with Gasteiger partial charge >= 0.3 is 12.0 Å². The molecule has 178 valence electrons. The van der Waals surface area contributed by atoms with Crippen molar-refractivity contribution in [1.29, 1.82) is 0 Å². The summed E-state index contributed by atoms with van der Waals surface area (Å²) in [4.78, 5) is 35.5. The molecule has 2 heterocycles. The number of urea groups is 1. The summed E-state index contributed by atoms with van der Waals surface area (Å²) in [5, 5.41) is 2.88. The maximum absolute atomic E-state index is 13.6. The number of H-pyrrole nitrogens is 1. The van der Waals surface area contributed by atoms with Crippen molar-refractivity contribution in [2.24, 2.45) is 0 Å². The van der Waals surface area contributed by atoms with Crippen LogP contribution in [0.5, 0.6) is 11.5 Å². The fraction of sp³-hybridized carbons (Fsp3) is 0.320. The molecule has 0 aliphatic carbocycles. The lowest BCUT2D eigenvalue weighted by Gasteiger charge is -2.36. The minimum absolute atomic E-state index is 0.313. The number of amides is 2. The maximum Gasteiger partial charge on any atom is 0.328 e. The minimum Gasteiger partial charge on any atom is -0.497 e. The summed E-state index contributed by atoms with van der Waals surface area (Å²) in [5.74, 6) is 0.730. The number of esters is 1. The minimum atomic E-state index is -0.840. The molecule has 2 amide bonds. The number of fused-ring (bicyclic) bond motifs is 1. The molecule has 3 aromatic rings. The molecular formula is C25H28N4O5. The standard InChI is InChI=1S/C25H28N4O5/c1-32-17-9-10-21(33-2)18(14-17)23-22-19(26-15-27-22)11-12-29(23)25(31)28-20(24(30)34-3)13-16-7-5-4-6-8-16/h4-10,14-15,20,23H,11-13H2,1-3H3,(H,26,27)(H,28,31)/t20-,23+/m1/s1. The second kappa shape index (κ2) is 10.3. The van der Waals surface area contributed by atoms with Crippen LogP contribution in [0, 0.1) is 0 Å². The van der Waals surface area contributed by atoms with Crippen molar-refractivity contribution in [2.75, 3.05) is 27.9 Å². The molecule has 0 saturated carbocycles. The summed E-state index contributed by atoms with van der Waals surface area (Å²) in [5.41, 5.74) is 3.33. The lowest BCUT2D eigenvalue weighted by Crippen LogP contribution is -2.52. The molecule has 0 spiro atoms. The first kappa shape index (κ1) is 23.2. The van der Waals surface area contributed by atoms with Gasteiger partial charge in [0.25, 0.3) is 0 Å². The highest BCUT2D eigenvalue weighted by atomic mass is 16.5. The number of aromatic nitrogens is 2. The molecule has 1 aliphatic rings. The highest BCUT2D eigenvalue weighted by Gasteiger charge is 2.37. The summed E-state index contributed by atoms with van der Waals surface area (Å²) in [6.45, 7) is 0.422. The Morgan fingerprint density at radius 3 is 2.65 bits per heavy atom. The van der Waals surface area contributed by atoms with E-state index in [2.05, 4.69) is 15.3 Å². The molecule has 0 saturated heterocycles. The van der Waals surface area contributed by atoms with Gasteiger partial charge in [0.05, 0.1) is 33.4 Å². The molecule has 2 aromatic carbocycles. The van der Waals surface area contributed by atoms with Crippen LogP contribution in [-0.2, 0) is 22.4 Å². The van der Waals surface area contributed by atoms with Gasteiger partial charge in [0, 0.05) is 30.6 Å². The normalized spacial score (nSPS) is 15.7. The molecular weight excluding hydrogens is 436 g/mol. The zero-order valence-electron chi connectivity index (χ0n) is 19.4. The van der Waals surface area contributed by atoms with Gasteiger partial charge in [0.15, 0.2) is 0 Å². The Labute approximate surface area is 198 Å². The first-order valence-corrected chi connectivity index (χ1v) is 11.0. The second-order valence-corrected chi connectivity index (χ2v) is 7.94. The number of carbonyl (C=O) groups is 2. The number of hydrogen-bond donors (Lipinski definition) is 2. The number of aromatic amines is 1.